The van der Waals surface area contributed by atoms with Crippen LogP contribution in [0.4, 0.5) is 0 Å². The minimum atomic E-state index is -1.14. The number of hydrogen-bond donors (Lipinski definition) is 3. The second kappa shape index (κ2) is 6.51. The van der Waals surface area contributed by atoms with E-state index < -0.39 is 17.9 Å². The number of carboxylic acid groups (broad SMARTS) is 1. The van der Waals surface area contributed by atoms with Crippen molar-refractivity contribution >= 4 is 11.9 Å². The van der Waals surface area contributed by atoms with Crippen molar-refractivity contribution in [2.75, 3.05) is 0 Å². The molecule has 0 aliphatic carbocycles. The molecule has 6 heteroatoms. The third-order valence-electron chi connectivity index (χ3n) is 2.93. The molecule has 1 aromatic heterocycles. The molecule has 2 rings (SSSR count). The Hall–Kier alpha value is -2.89. The van der Waals surface area contributed by atoms with Gasteiger partial charge in [-0.3, -0.25) is 9.78 Å². The molecule has 1 aromatic carbocycles. The van der Waals surface area contributed by atoms with Gasteiger partial charge in [0.05, 0.1) is 11.8 Å². The third kappa shape index (κ3) is 3.79. The highest BCUT2D eigenvalue weighted by atomic mass is 16.4. The Morgan fingerprint density at radius 1 is 1.19 bits per heavy atom. The van der Waals surface area contributed by atoms with E-state index >= 15 is 0 Å². The molecule has 1 amide bonds. The molecule has 0 aliphatic rings. The summed E-state index contributed by atoms with van der Waals surface area (Å²) in [5.41, 5.74) is 0.786. The van der Waals surface area contributed by atoms with Crippen molar-refractivity contribution in [1.29, 1.82) is 0 Å². The van der Waals surface area contributed by atoms with Crippen molar-refractivity contribution in [3.05, 3.63) is 59.9 Å². The molecule has 0 saturated heterocycles. The van der Waals surface area contributed by atoms with Gasteiger partial charge < -0.3 is 15.5 Å². The maximum absolute atomic E-state index is 12.0. The summed E-state index contributed by atoms with van der Waals surface area (Å²) in [7, 11) is 0. The van der Waals surface area contributed by atoms with Gasteiger partial charge in [0.2, 0.25) is 0 Å². The van der Waals surface area contributed by atoms with Crippen LogP contribution >= 0.6 is 0 Å². The number of carbonyl (C=O) groups excluding carboxylic acids is 1. The number of aromatic nitrogens is 1. The SMILES string of the molecule is O=C(N[C@H](Cc1ccccc1)C(=O)O)c1ccncc1O. The first-order valence-electron chi connectivity index (χ1n) is 6.28. The standard InChI is InChI=1S/C15H14N2O4/c18-13-9-16-7-6-11(13)14(19)17-12(15(20)21)8-10-4-2-1-3-5-10/h1-7,9,12,18H,8H2,(H,17,19)(H,20,21)/t12-/m1/s1. The van der Waals surface area contributed by atoms with Gasteiger partial charge in [-0.25, -0.2) is 4.79 Å². The second-order valence-corrected chi connectivity index (χ2v) is 4.45. The Morgan fingerprint density at radius 3 is 2.52 bits per heavy atom. The van der Waals surface area contributed by atoms with Crippen molar-refractivity contribution in [2.45, 2.75) is 12.5 Å². The number of rotatable bonds is 5. The number of pyridine rings is 1. The van der Waals surface area contributed by atoms with Crippen LogP contribution in [0.5, 0.6) is 5.75 Å². The Morgan fingerprint density at radius 2 is 1.90 bits per heavy atom. The number of hydrogen-bond acceptors (Lipinski definition) is 4. The van der Waals surface area contributed by atoms with Crippen LogP contribution in [0.3, 0.4) is 0 Å². The predicted octanol–water partition coefficient (Wildman–Crippen LogP) is 1.21. The van der Waals surface area contributed by atoms with Gasteiger partial charge in [0, 0.05) is 12.6 Å². The minimum Gasteiger partial charge on any atom is -0.505 e. The van der Waals surface area contributed by atoms with Gasteiger partial charge in [0.1, 0.15) is 11.8 Å². The normalized spacial score (nSPS) is 11.6. The molecule has 1 heterocycles. The quantitative estimate of drug-likeness (QED) is 0.767. The van der Waals surface area contributed by atoms with Gasteiger partial charge in [-0.15, -0.1) is 0 Å². The molecule has 0 unspecified atom stereocenters. The number of nitrogens with one attached hydrogen (secondary N) is 1. The predicted molar refractivity (Wildman–Crippen MR) is 74.9 cm³/mol. The molecule has 6 nitrogen and oxygen atoms in total. The molecule has 0 saturated carbocycles. The molecule has 0 aliphatic heterocycles. The lowest BCUT2D eigenvalue weighted by Crippen LogP contribution is -2.42. The van der Waals surface area contributed by atoms with Crippen molar-refractivity contribution in [2.24, 2.45) is 0 Å². The van der Waals surface area contributed by atoms with Crippen LogP contribution in [-0.4, -0.2) is 33.1 Å². The molecule has 0 radical (unpaired) electrons. The summed E-state index contributed by atoms with van der Waals surface area (Å²) in [5.74, 6) is -2.09. The first-order valence-corrected chi connectivity index (χ1v) is 6.28. The first-order chi connectivity index (χ1) is 10.1. The molecule has 0 bridgehead atoms. The van der Waals surface area contributed by atoms with Crippen molar-refractivity contribution < 1.29 is 19.8 Å². The number of aromatic hydroxyl groups is 1. The zero-order valence-electron chi connectivity index (χ0n) is 11.1. The Bertz CT molecular complexity index is 643. The summed E-state index contributed by atoms with van der Waals surface area (Å²) in [6.07, 6.45) is 2.64. The van der Waals surface area contributed by atoms with E-state index in [2.05, 4.69) is 10.3 Å². The summed E-state index contributed by atoms with van der Waals surface area (Å²) in [6.45, 7) is 0. The van der Waals surface area contributed by atoms with Gasteiger partial charge in [-0.2, -0.15) is 0 Å². The second-order valence-electron chi connectivity index (χ2n) is 4.45. The van der Waals surface area contributed by atoms with Crippen LogP contribution < -0.4 is 5.32 Å². The fraction of sp³-hybridized carbons (Fsp3) is 0.133. The minimum absolute atomic E-state index is 0.00990. The van der Waals surface area contributed by atoms with Gasteiger partial charge in [0.15, 0.2) is 0 Å². The Labute approximate surface area is 121 Å². The van der Waals surface area contributed by atoms with E-state index in [-0.39, 0.29) is 17.7 Å². The number of carboxylic acids is 1. The van der Waals surface area contributed by atoms with E-state index in [0.717, 1.165) is 11.8 Å². The maximum atomic E-state index is 12.0. The zero-order chi connectivity index (χ0) is 15.2. The summed E-state index contributed by atoms with van der Waals surface area (Å²) < 4.78 is 0. The summed E-state index contributed by atoms with van der Waals surface area (Å²) >= 11 is 0. The van der Waals surface area contributed by atoms with E-state index in [0.29, 0.717) is 0 Å². The molecular formula is C15H14N2O4. The molecule has 1 atom stereocenters. The molecule has 0 spiro atoms. The van der Waals surface area contributed by atoms with E-state index in [1.807, 2.05) is 6.07 Å². The summed E-state index contributed by atoms with van der Waals surface area (Å²) in [4.78, 5) is 26.9. The largest absolute Gasteiger partial charge is 0.505 e. The average Bonchev–Trinajstić information content (AvgIpc) is 2.48. The van der Waals surface area contributed by atoms with Gasteiger partial charge in [-0.1, -0.05) is 30.3 Å². The topological polar surface area (TPSA) is 99.5 Å². The number of carbonyl (C=O) groups is 2. The number of amides is 1. The Kier molecular flexibility index (Phi) is 4.50. The van der Waals surface area contributed by atoms with Gasteiger partial charge in [-0.05, 0) is 11.6 Å². The van der Waals surface area contributed by atoms with Crippen LogP contribution in [0.25, 0.3) is 0 Å². The average molecular weight is 286 g/mol. The zero-order valence-corrected chi connectivity index (χ0v) is 11.1. The fourth-order valence-electron chi connectivity index (χ4n) is 1.86. The van der Waals surface area contributed by atoms with Gasteiger partial charge >= 0.3 is 5.97 Å². The number of benzene rings is 1. The lowest BCUT2D eigenvalue weighted by molar-refractivity contribution is -0.139. The molecular weight excluding hydrogens is 272 g/mol. The smallest absolute Gasteiger partial charge is 0.326 e. The molecule has 2 aromatic rings. The fourth-order valence-corrected chi connectivity index (χ4v) is 1.86. The van der Waals surface area contributed by atoms with Crippen LogP contribution in [0.1, 0.15) is 15.9 Å². The highest BCUT2D eigenvalue weighted by molar-refractivity contribution is 5.98. The van der Waals surface area contributed by atoms with E-state index in [1.165, 1.54) is 12.3 Å². The molecule has 108 valence electrons. The van der Waals surface area contributed by atoms with Crippen LogP contribution in [0.15, 0.2) is 48.8 Å². The van der Waals surface area contributed by atoms with Crippen LogP contribution in [-0.2, 0) is 11.2 Å². The van der Waals surface area contributed by atoms with E-state index in [9.17, 15) is 19.8 Å². The van der Waals surface area contributed by atoms with Crippen LogP contribution in [0, 0.1) is 0 Å². The highest BCUT2D eigenvalue weighted by Gasteiger charge is 2.22. The number of nitrogens with zero attached hydrogens (tertiary/aromatic N) is 1. The highest BCUT2D eigenvalue weighted by Crippen LogP contribution is 2.14. The van der Waals surface area contributed by atoms with Gasteiger partial charge in [0.25, 0.3) is 5.91 Å². The third-order valence-corrected chi connectivity index (χ3v) is 2.93. The molecule has 3 N–H and O–H groups in total. The van der Waals surface area contributed by atoms with E-state index in [1.54, 1.807) is 24.3 Å². The summed E-state index contributed by atoms with van der Waals surface area (Å²) in [6, 6.07) is 9.24. The Balaban J connectivity index is 2.12. The molecule has 0 fully saturated rings. The summed E-state index contributed by atoms with van der Waals surface area (Å²) in [5, 5.41) is 21.2. The van der Waals surface area contributed by atoms with Crippen molar-refractivity contribution in [1.82, 2.24) is 10.3 Å². The lowest BCUT2D eigenvalue weighted by atomic mass is 10.1. The first kappa shape index (κ1) is 14.5. The van der Waals surface area contributed by atoms with Crippen molar-refractivity contribution in [3.63, 3.8) is 0 Å². The van der Waals surface area contributed by atoms with E-state index in [4.69, 9.17) is 0 Å². The monoisotopic (exact) mass is 286 g/mol. The van der Waals surface area contributed by atoms with Crippen LogP contribution in [0.2, 0.25) is 0 Å². The maximum Gasteiger partial charge on any atom is 0.326 e. The lowest BCUT2D eigenvalue weighted by Gasteiger charge is -2.15. The van der Waals surface area contributed by atoms with Crippen molar-refractivity contribution in [3.8, 4) is 5.75 Å². The molecule has 21 heavy (non-hydrogen) atoms. The number of aliphatic carboxylic acids is 1.